The number of allylic oxidation sites excluding steroid dienone is 1. The molecule has 31 heavy (non-hydrogen) atoms. The summed E-state index contributed by atoms with van der Waals surface area (Å²) in [6.07, 6.45) is 1.73. The average Bonchev–Trinajstić information content (AvgIpc) is 3.43. The molecule has 2 aromatic carbocycles. The number of rotatable bonds is 3. The number of carbonyl (C=O) groups excluding carboxylic acids is 2. The fourth-order valence-corrected chi connectivity index (χ4v) is 4.98. The van der Waals surface area contributed by atoms with E-state index in [1.165, 1.54) is 4.90 Å². The molecule has 0 saturated carbocycles. The van der Waals surface area contributed by atoms with Crippen molar-refractivity contribution in [3.8, 4) is 6.07 Å². The third-order valence-corrected chi connectivity index (χ3v) is 6.33. The van der Waals surface area contributed by atoms with Crippen molar-refractivity contribution in [1.29, 1.82) is 5.26 Å². The molecule has 3 atom stereocenters. The van der Waals surface area contributed by atoms with Gasteiger partial charge in [0.25, 0.3) is 0 Å². The van der Waals surface area contributed by atoms with Crippen LogP contribution in [0.15, 0.2) is 76.2 Å². The van der Waals surface area contributed by atoms with Crippen LogP contribution in [-0.2, 0) is 9.59 Å². The van der Waals surface area contributed by atoms with Crippen LogP contribution in [0.4, 0.5) is 11.4 Å². The van der Waals surface area contributed by atoms with Crippen molar-refractivity contribution >= 4 is 23.2 Å². The molecule has 3 heterocycles. The zero-order valence-corrected chi connectivity index (χ0v) is 17.1. The fourth-order valence-electron chi connectivity index (χ4n) is 4.98. The number of fused-ring (bicyclic) bond motifs is 3. The van der Waals surface area contributed by atoms with Gasteiger partial charge in [-0.3, -0.25) is 9.59 Å². The Morgan fingerprint density at radius 3 is 2.52 bits per heavy atom. The molecule has 0 bridgehead atoms. The lowest BCUT2D eigenvalue weighted by molar-refractivity contribution is -0.123. The van der Waals surface area contributed by atoms with Crippen LogP contribution in [0.25, 0.3) is 0 Å². The van der Waals surface area contributed by atoms with Crippen LogP contribution in [0.5, 0.6) is 0 Å². The minimum absolute atomic E-state index is 0.0805. The summed E-state index contributed by atoms with van der Waals surface area (Å²) >= 11 is 0. The van der Waals surface area contributed by atoms with Gasteiger partial charge in [0.15, 0.2) is 5.70 Å². The first-order chi connectivity index (χ1) is 15.1. The summed E-state index contributed by atoms with van der Waals surface area (Å²) in [6, 6.07) is 18.5. The SMILES string of the molecule is Cc1ccc(N=N/C(C#N)=C2/[C@H]3C(=O)N(c4ccccc4)C(=O)[C@H]3[C@H]3CCCN23)cc1. The second kappa shape index (κ2) is 7.47. The Bertz CT molecular complexity index is 1150. The van der Waals surface area contributed by atoms with E-state index >= 15 is 0 Å². The van der Waals surface area contributed by atoms with E-state index in [0.29, 0.717) is 23.6 Å². The first kappa shape index (κ1) is 19.2. The molecule has 0 aromatic heterocycles. The summed E-state index contributed by atoms with van der Waals surface area (Å²) < 4.78 is 0. The zero-order chi connectivity index (χ0) is 21.5. The minimum atomic E-state index is -0.690. The van der Waals surface area contributed by atoms with Gasteiger partial charge in [-0.2, -0.15) is 5.26 Å². The second-order valence-electron chi connectivity index (χ2n) is 8.14. The van der Waals surface area contributed by atoms with Gasteiger partial charge in [0, 0.05) is 12.6 Å². The lowest BCUT2D eigenvalue weighted by atomic mass is 9.89. The standard InChI is InChI=1S/C24H21N5O2/c1-15-9-11-16(12-10-15)26-27-18(14-25)22-21-20(19-8-5-13-28(19)22)23(30)29(24(21)31)17-6-3-2-4-7-17/h2-4,6-7,9-12,19-21H,5,8,13H2,1H3/b22-18-,27-26?/t19-,20+,21+/m1/s1. The van der Waals surface area contributed by atoms with E-state index in [-0.39, 0.29) is 23.6 Å². The molecule has 0 aliphatic carbocycles. The first-order valence-corrected chi connectivity index (χ1v) is 10.4. The normalized spacial score (nSPS) is 26.4. The summed E-state index contributed by atoms with van der Waals surface area (Å²) in [4.78, 5) is 30.1. The topological polar surface area (TPSA) is 89.1 Å². The number of nitrogens with zero attached hydrogens (tertiary/aromatic N) is 5. The van der Waals surface area contributed by atoms with Crippen molar-refractivity contribution in [2.45, 2.75) is 25.8 Å². The summed E-state index contributed by atoms with van der Waals surface area (Å²) in [5.41, 5.74) is 2.95. The van der Waals surface area contributed by atoms with Gasteiger partial charge in [0.2, 0.25) is 11.8 Å². The molecular formula is C24H21N5O2. The molecule has 3 saturated heterocycles. The number of benzene rings is 2. The highest BCUT2D eigenvalue weighted by Gasteiger charge is 2.61. The van der Waals surface area contributed by atoms with Gasteiger partial charge in [-0.05, 0) is 44.0 Å². The monoisotopic (exact) mass is 411 g/mol. The number of aryl methyl sites for hydroxylation is 1. The third kappa shape index (κ3) is 3.03. The largest absolute Gasteiger partial charge is 0.368 e. The van der Waals surface area contributed by atoms with E-state index < -0.39 is 11.8 Å². The number of hydrogen-bond donors (Lipinski definition) is 0. The van der Waals surface area contributed by atoms with Crippen molar-refractivity contribution in [2.75, 3.05) is 11.4 Å². The van der Waals surface area contributed by atoms with E-state index in [0.717, 1.165) is 18.4 Å². The molecule has 0 N–H and O–H groups in total. The van der Waals surface area contributed by atoms with Crippen LogP contribution in [0.2, 0.25) is 0 Å². The molecule has 154 valence electrons. The molecule has 3 aliphatic rings. The number of anilines is 1. The summed E-state index contributed by atoms with van der Waals surface area (Å²) in [5, 5.41) is 18.3. The predicted octanol–water partition coefficient (Wildman–Crippen LogP) is 4.10. The van der Waals surface area contributed by atoms with Crippen molar-refractivity contribution in [2.24, 2.45) is 22.1 Å². The summed E-state index contributed by atoms with van der Waals surface area (Å²) in [5.74, 6) is -1.66. The highest BCUT2D eigenvalue weighted by molar-refractivity contribution is 6.23. The number of imide groups is 1. The van der Waals surface area contributed by atoms with Gasteiger partial charge < -0.3 is 4.90 Å². The smallest absolute Gasteiger partial charge is 0.243 e. The van der Waals surface area contributed by atoms with Crippen LogP contribution in [0.1, 0.15) is 18.4 Å². The number of nitriles is 1. The second-order valence-corrected chi connectivity index (χ2v) is 8.14. The van der Waals surface area contributed by atoms with E-state index in [1.54, 1.807) is 24.3 Å². The molecule has 2 amide bonds. The van der Waals surface area contributed by atoms with Crippen molar-refractivity contribution < 1.29 is 9.59 Å². The Hall–Kier alpha value is -3.79. The lowest BCUT2D eigenvalue weighted by Gasteiger charge is -2.25. The maximum Gasteiger partial charge on any atom is 0.243 e. The highest BCUT2D eigenvalue weighted by atomic mass is 16.2. The zero-order valence-electron chi connectivity index (χ0n) is 17.1. The minimum Gasteiger partial charge on any atom is -0.368 e. The van der Waals surface area contributed by atoms with Gasteiger partial charge in [-0.15, -0.1) is 10.2 Å². The van der Waals surface area contributed by atoms with Crippen LogP contribution in [0, 0.1) is 30.1 Å². The number of hydrogen-bond acceptors (Lipinski definition) is 6. The Kier molecular flexibility index (Phi) is 4.63. The van der Waals surface area contributed by atoms with E-state index in [2.05, 4.69) is 16.3 Å². The molecule has 2 aromatic rings. The molecule has 3 aliphatic heterocycles. The van der Waals surface area contributed by atoms with Crippen LogP contribution in [-0.4, -0.2) is 29.3 Å². The first-order valence-electron chi connectivity index (χ1n) is 10.4. The fraction of sp³-hybridized carbons (Fsp3) is 0.292. The van der Waals surface area contributed by atoms with Gasteiger partial charge in [-0.1, -0.05) is 35.9 Å². The summed E-state index contributed by atoms with van der Waals surface area (Å²) in [7, 11) is 0. The lowest BCUT2D eigenvalue weighted by Crippen LogP contribution is -2.37. The van der Waals surface area contributed by atoms with Gasteiger partial charge in [0.05, 0.1) is 28.9 Å². The molecule has 0 radical (unpaired) electrons. The molecular weight excluding hydrogens is 390 g/mol. The molecule has 7 heteroatoms. The van der Waals surface area contributed by atoms with Crippen LogP contribution < -0.4 is 4.90 Å². The third-order valence-electron chi connectivity index (χ3n) is 6.33. The van der Waals surface area contributed by atoms with Gasteiger partial charge in [0.1, 0.15) is 6.07 Å². The van der Waals surface area contributed by atoms with Crippen molar-refractivity contribution in [1.82, 2.24) is 4.90 Å². The Morgan fingerprint density at radius 1 is 1.06 bits per heavy atom. The Balaban J connectivity index is 1.57. The van der Waals surface area contributed by atoms with E-state index in [9.17, 15) is 14.9 Å². The molecule has 3 fully saturated rings. The summed E-state index contributed by atoms with van der Waals surface area (Å²) in [6.45, 7) is 2.70. The number of azo groups is 1. The van der Waals surface area contributed by atoms with Gasteiger partial charge >= 0.3 is 0 Å². The van der Waals surface area contributed by atoms with Crippen LogP contribution in [0.3, 0.4) is 0 Å². The Morgan fingerprint density at radius 2 is 1.81 bits per heavy atom. The molecule has 0 spiro atoms. The van der Waals surface area contributed by atoms with Gasteiger partial charge in [-0.25, -0.2) is 4.90 Å². The molecule has 7 nitrogen and oxygen atoms in total. The number of para-hydroxylation sites is 1. The predicted molar refractivity (Wildman–Crippen MR) is 114 cm³/mol. The highest BCUT2D eigenvalue weighted by Crippen LogP contribution is 2.50. The quantitative estimate of drug-likeness (QED) is 0.432. The number of carbonyl (C=O) groups is 2. The maximum atomic E-state index is 13.4. The van der Waals surface area contributed by atoms with Crippen molar-refractivity contribution in [3.63, 3.8) is 0 Å². The Labute approximate surface area is 180 Å². The molecule has 0 unspecified atom stereocenters. The van der Waals surface area contributed by atoms with Crippen molar-refractivity contribution in [3.05, 3.63) is 71.6 Å². The average molecular weight is 411 g/mol. The maximum absolute atomic E-state index is 13.4. The number of amides is 2. The molecule has 5 rings (SSSR count). The van der Waals surface area contributed by atoms with E-state index in [4.69, 9.17) is 0 Å². The van der Waals surface area contributed by atoms with E-state index in [1.807, 2.05) is 42.2 Å². The van der Waals surface area contributed by atoms with Crippen LogP contribution >= 0.6 is 0 Å².